The fourth-order valence-electron chi connectivity index (χ4n) is 0.975. The Balaban J connectivity index is 3.04. The Morgan fingerprint density at radius 2 is 2.09 bits per heavy atom. The summed E-state index contributed by atoms with van der Waals surface area (Å²) < 4.78 is 1.82. The van der Waals surface area contributed by atoms with Crippen LogP contribution < -0.4 is 4.80 Å². The van der Waals surface area contributed by atoms with Gasteiger partial charge in [-0.05, 0) is 12.1 Å². The minimum Gasteiger partial charge on any atom is -0.426 e. The number of hydrogen-bond donors (Lipinski definition) is 2. The van der Waals surface area contributed by atoms with E-state index in [1.165, 1.54) is 11.3 Å². The van der Waals surface area contributed by atoms with E-state index < -0.39 is 0 Å². The SMILES string of the molecule is N=c1sc2ccccc2n1O. The molecule has 0 aliphatic rings. The summed E-state index contributed by atoms with van der Waals surface area (Å²) in [4.78, 5) is 0.159. The molecule has 0 aliphatic carbocycles. The lowest BCUT2D eigenvalue weighted by atomic mass is 10.3. The molecule has 4 heteroatoms. The molecule has 0 bridgehead atoms. The van der Waals surface area contributed by atoms with E-state index in [1.807, 2.05) is 18.2 Å². The first kappa shape index (κ1) is 6.42. The second kappa shape index (κ2) is 2.10. The van der Waals surface area contributed by atoms with Crippen molar-refractivity contribution in [2.75, 3.05) is 0 Å². The fourth-order valence-corrected chi connectivity index (χ4v) is 1.77. The highest BCUT2D eigenvalue weighted by atomic mass is 32.1. The van der Waals surface area contributed by atoms with Crippen LogP contribution in [0.3, 0.4) is 0 Å². The van der Waals surface area contributed by atoms with Gasteiger partial charge in [0.2, 0.25) is 4.80 Å². The minimum atomic E-state index is 0.159. The molecule has 0 aliphatic heterocycles. The van der Waals surface area contributed by atoms with Crippen LogP contribution in [0.15, 0.2) is 24.3 Å². The number of hydrogen-bond acceptors (Lipinski definition) is 3. The summed E-state index contributed by atoms with van der Waals surface area (Å²) in [7, 11) is 0. The number of nitrogens with one attached hydrogen (secondary N) is 1. The molecular weight excluding hydrogens is 160 g/mol. The third-order valence-electron chi connectivity index (χ3n) is 1.49. The standard InChI is InChI=1S/C7H6N2OS/c8-7-9(10)5-3-1-2-4-6(5)11-7/h1-4,8,10H. The molecule has 0 radical (unpaired) electrons. The summed E-state index contributed by atoms with van der Waals surface area (Å²) in [6.45, 7) is 0. The Kier molecular flexibility index (Phi) is 1.22. The zero-order valence-corrected chi connectivity index (χ0v) is 6.43. The van der Waals surface area contributed by atoms with E-state index in [2.05, 4.69) is 0 Å². The van der Waals surface area contributed by atoms with Crippen LogP contribution in [0.1, 0.15) is 0 Å². The average molecular weight is 166 g/mol. The topological polar surface area (TPSA) is 49.0 Å². The normalized spacial score (nSPS) is 10.5. The van der Waals surface area contributed by atoms with Crippen LogP contribution >= 0.6 is 11.3 Å². The second-order valence-corrected chi connectivity index (χ2v) is 3.22. The predicted octanol–water partition coefficient (Wildman–Crippen LogP) is 1.42. The molecule has 0 fully saturated rings. The van der Waals surface area contributed by atoms with Gasteiger partial charge in [0.15, 0.2) is 0 Å². The smallest absolute Gasteiger partial charge is 0.217 e. The number of aromatic nitrogens is 1. The first-order valence-corrected chi connectivity index (χ1v) is 3.95. The molecule has 1 aromatic heterocycles. The van der Waals surface area contributed by atoms with Crippen molar-refractivity contribution in [1.82, 2.24) is 4.73 Å². The van der Waals surface area contributed by atoms with Gasteiger partial charge >= 0.3 is 0 Å². The molecule has 0 spiro atoms. The van der Waals surface area contributed by atoms with Crippen molar-refractivity contribution in [3.8, 4) is 0 Å². The maximum absolute atomic E-state index is 9.24. The first-order valence-electron chi connectivity index (χ1n) is 3.13. The zero-order valence-electron chi connectivity index (χ0n) is 5.61. The van der Waals surface area contributed by atoms with E-state index in [0.717, 1.165) is 9.43 Å². The summed E-state index contributed by atoms with van der Waals surface area (Å²) >= 11 is 1.26. The van der Waals surface area contributed by atoms with E-state index in [0.29, 0.717) is 5.52 Å². The Morgan fingerprint density at radius 3 is 2.82 bits per heavy atom. The Bertz CT molecular complexity index is 443. The third-order valence-corrected chi connectivity index (χ3v) is 2.42. The van der Waals surface area contributed by atoms with Gasteiger partial charge in [-0.15, -0.1) is 0 Å². The van der Waals surface area contributed by atoms with Crippen molar-refractivity contribution in [1.29, 1.82) is 5.41 Å². The molecule has 11 heavy (non-hydrogen) atoms. The van der Waals surface area contributed by atoms with Crippen LogP contribution in [-0.2, 0) is 0 Å². The number of thiazole rings is 1. The molecule has 1 aromatic carbocycles. The Hall–Kier alpha value is -1.29. The molecule has 0 saturated carbocycles. The lowest BCUT2D eigenvalue weighted by Crippen LogP contribution is -2.07. The zero-order chi connectivity index (χ0) is 7.84. The summed E-state index contributed by atoms with van der Waals surface area (Å²) in [6.07, 6.45) is 0. The molecule has 2 aromatic rings. The predicted molar refractivity (Wildman–Crippen MR) is 42.9 cm³/mol. The van der Waals surface area contributed by atoms with E-state index in [-0.39, 0.29) is 4.80 Å². The largest absolute Gasteiger partial charge is 0.426 e. The van der Waals surface area contributed by atoms with Gasteiger partial charge in [-0.2, -0.15) is 4.73 Å². The lowest BCUT2D eigenvalue weighted by Gasteiger charge is -1.89. The lowest BCUT2D eigenvalue weighted by molar-refractivity contribution is 0.189. The molecule has 0 amide bonds. The van der Waals surface area contributed by atoms with Gasteiger partial charge in [0.05, 0.1) is 4.70 Å². The van der Waals surface area contributed by atoms with Crippen molar-refractivity contribution >= 4 is 21.6 Å². The van der Waals surface area contributed by atoms with Crippen molar-refractivity contribution < 1.29 is 5.21 Å². The van der Waals surface area contributed by atoms with E-state index in [9.17, 15) is 5.21 Å². The minimum absolute atomic E-state index is 0.159. The molecule has 2 N–H and O–H groups in total. The summed E-state index contributed by atoms with van der Waals surface area (Å²) in [6, 6.07) is 7.38. The molecule has 2 rings (SSSR count). The monoisotopic (exact) mass is 166 g/mol. The Morgan fingerprint density at radius 1 is 1.36 bits per heavy atom. The van der Waals surface area contributed by atoms with Crippen molar-refractivity contribution in [3.05, 3.63) is 29.1 Å². The van der Waals surface area contributed by atoms with Crippen LogP contribution in [-0.4, -0.2) is 9.94 Å². The first-order chi connectivity index (χ1) is 5.29. The summed E-state index contributed by atoms with van der Waals surface area (Å²) in [5.41, 5.74) is 0.697. The van der Waals surface area contributed by atoms with Gasteiger partial charge in [0.25, 0.3) is 0 Å². The van der Waals surface area contributed by atoms with Crippen LogP contribution in [0.25, 0.3) is 10.2 Å². The number of fused-ring (bicyclic) bond motifs is 1. The van der Waals surface area contributed by atoms with Gasteiger partial charge in [0, 0.05) is 0 Å². The molecule has 3 nitrogen and oxygen atoms in total. The average Bonchev–Trinajstić information content (AvgIpc) is 2.30. The van der Waals surface area contributed by atoms with Gasteiger partial charge in [0.1, 0.15) is 5.52 Å². The molecule has 0 atom stereocenters. The molecule has 0 unspecified atom stereocenters. The van der Waals surface area contributed by atoms with E-state index in [1.54, 1.807) is 6.07 Å². The molecular formula is C7H6N2OS. The highest BCUT2D eigenvalue weighted by Crippen LogP contribution is 2.14. The highest BCUT2D eigenvalue weighted by molar-refractivity contribution is 7.16. The van der Waals surface area contributed by atoms with Gasteiger partial charge in [-0.25, -0.2) is 0 Å². The van der Waals surface area contributed by atoms with E-state index >= 15 is 0 Å². The second-order valence-electron chi connectivity index (χ2n) is 2.19. The highest BCUT2D eigenvalue weighted by Gasteiger charge is 2.00. The van der Waals surface area contributed by atoms with Crippen LogP contribution in [0, 0.1) is 5.41 Å². The van der Waals surface area contributed by atoms with Crippen molar-refractivity contribution in [2.24, 2.45) is 0 Å². The summed E-state index contributed by atoms with van der Waals surface area (Å²) in [5.74, 6) is 0. The number of nitrogens with zero attached hydrogens (tertiary/aromatic N) is 1. The quantitative estimate of drug-likeness (QED) is 0.571. The van der Waals surface area contributed by atoms with Gasteiger partial charge < -0.3 is 5.21 Å². The Labute approximate surface area is 66.6 Å². The summed E-state index contributed by atoms with van der Waals surface area (Å²) in [5, 5.41) is 16.5. The fraction of sp³-hybridized carbons (Fsp3) is 0. The third kappa shape index (κ3) is 0.832. The van der Waals surface area contributed by atoms with Crippen molar-refractivity contribution in [3.63, 3.8) is 0 Å². The van der Waals surface area contributed by atoms with Crippen LogP contribution in [0.2, 0.25) is 0 Å². The maximum Gasteiger partial charge on any atom is 0.217 e. The van der Waals surface area contributed by atoms with Gasteiger partial charge in [-0.1, -0.05) is 23.5 Å². The van der Waals surface area contributed by atoms with Crippen molar-refractivity contribution in [2.45, 2.75) is 0 Å². The molecule has 56 valence electrons. The van der Waals surface area contributed by atoms with Crippen LogP contribution in [0.5, 0.6) is 0 Å². The van der Waals surface area contributed by atoms with Gasteiger partial charge in [-0.3, -0.25) is 5.41 Å². The number of rotatable bonds is 0. The maximum atomic E-state index is 9.24. The molecule has 1 heterocycles. The number of para-hydroxylation sites is 1. The number of benzene rings is 1. The van der Waals surface area contributed by atoms with E-state index in [4.69, 9.17) is 5.41 Å². The molecule has 0 saturated heterocycles. The van der Waals surface area contributed by atoms with Crippen LogP contribution in [0.4, 0.5) is 0 Å².